The SMILES string of the molecule is O=C(CC1(O)CCCCC1)N1CCC(c2ccccc2)C1. The highest BCUT2D eigenvalue weighted by molar-refractivity contribution is 5.77. The fourth-order valence-corrected chi connectivity index (χ4v) is 3.76. The summed E-state index contributed by atoms with van der Waals surface area (Å²) < 4.78 is 0. The van der Waals surface area contributed by atoms with E-state index in [-0.39, 0.29) is 5.91 Å². The van der Waals surface area contributed by atoms with Gasteiger partial charge in [0.15, 0.2) is 0 Å². The third-order valence-corrected chi connectivity index (χ3v) is 5.08. The summed E-state index contributed by atoms with van der Waals surface area (Å²) in [5.41, 5.74) is 0.587. The highest BCUT2D eigenvalue weighted by atomic mass is 16.3. The maximum Gasteiger partial charge on any atom is 0.225 e. The van der Waals surface area contributed by atoms with Gasteiger partial charge in [-0.05, 0) is 24.8 Å². The fraction of sp³-hybridized carbons (Fsp3) is 0.611. The van der Waals surface area contributed by atoms with Gasteiger partial charge in [-0.3, -0.25) is 4.79 Å². The Morgan fingerprint density at radius 2 is 1.90 bits per heavy atom. The molecule has 1 atom stereocenters. The molecule has 1 saturated carbocycles. The molecule has 0 spiro atoms. The Bertz CT molecular complexity index is 479. The van der Waals surface area contributed by atoms with E-state index in [1.54, 1.807) is 0 Å². The molecule has 3 nitrogen and oxygen atoms in total. The zero-order valence-corrected chi connectivity index (χ0v) is 12.6. The first kappa shape index (κ1) is 14.6. The van der Waals surface area contributed by atoms with Crippen LogP contribution < -0.4 is 0 Å². The van der Waals surface area contributed by atoms with E-state index in [9.17, 15) is 9.90 Å². The average molecular weight is 287 g/mol. The summed E-state index contributed by atoms with van der Waals surface area (Å²) in [6.07, 6.45) is 6.22. The van der Waals surface area contributed by atoms with Crippen LogP contribution in [0.3, 0.4) is 0 Å². The highest BCUT2D eigenvalue weighted by Crippen LogP contribution is 2.33. The van der Waals surface area contributed by atoms with E-state index < -0.39 is 5.60 Å². The predicted molar refractivity (Wildman–Crippen MR) is 83.0 cm³/mol. The number of aliphatic hydroxyl groups is 1. The van der Waals surface area contributed by atoms with Gasteiger partial charge >= 0.3 is 0 Å². The lowest BCUT2D eigenvalue weighted by Crippen LogP contribution is -2.39. The van der Waals surface area contributed by atoms with Gasteiger partial charge in [0.25, 0.3) is 0 Å². The van der Waals surface area contributed by atoms with Crippen molar-refractivity contribution in [2.24, 2.45) is 0 Å². The Morgan fingerprint density at radius 1 is 1.19 bits per heavy atom. The van der Waals surface area contributed by atoms with E-state index >= 15 is 0 Å². The molecule has 1 aliphatic carbocycles. The van der Waals surface area contributed by atoms with Gasteiger partial charge in [0.1, 0.15) is 0 Å². The number of rotatable bonds is 3. The lowest BCUT2D eigenvalue weighted by atomic mass is 9.82. The second-order valence-corrected chi connectivity index (χ2v) is 6.70. The molecule has 3 heteroatoms. The zero-order chi connectivity index (χ0) is 14.7. The molecule has 1 aromatic carbocycles. The summed E-state index contributed by atoms with van der Waals surface area (Å²) in [6.45, 7) is 1.63. The van der Waals surface area contributed by atoms with Crippen LogP contribution in [0.4, 0.5) is 0 Å². The van der Waals surface area contributed by atoms with Gasteiger partial charge in [-0.2, -0.15) is 0 Å². The predicted octanol–water partition coefficient (Wildman–Crippen LogP) is 3.09. The topological polar surface area (TPSA) is 40.5 Å². The first-order chi connectivity index (χ1) is 10.2. The largest absolute Gasteiger partial charge is 0.389 e. The van der Waals surface area contributed by atoms with E-state index in [1.165, 1.54) is 12.0 Å². The summed E-state index contributed by atoms with van der Waals surface area (Å²) in [5.74, 6) is 0.592. The van der Waals surface area contributed by atoms with Crippen LogP contribution in [0.5, 0.6) is 0 Å². The molecule has 2 fully saturated rings. The molecule has 0 aromatic heterocycles. The molecule has 3 rings (SSSR count). The van der Waals surface area contributed by atoms with Gasteiger partial charge in [-0.1, -0.05) is 49.6 Å². The molecule has 2 aliphatic rings. The van der Waals surface area contributed by atoms with Crippen molar-refractivity contribution < 1.29 is 9.90 Å². The molecule has 1 unspecified atom stereocenters. The Labute approximate surface area is 127 Å². The fourth-order valence-electron chi connectivity index (χ4n) is 3.76. The molecule has 114 valence electrons. The Balaban J connectivity index is 1.57. The summed E-state index contributed by atoms with van der Waals surface area (Å²) in [5, 5.41) is 10.5. The summed E-state index contributed by atoms with van der Waals surface area (Å²) in [6, 6.07) is 10.4. The normalized spacial score (nSPS) is 25.0. The van der Waals surface area contributed by atoms with Crippen molar-refractivity contribution >= 4 is 5.91 Å². The molecular weight excluding hydrogens is 262 g/mol. The van der Waals surface area contributed by atoms with E-state index in [2.05, 4.69) is 24.3 Å². The van der Waals surface area contributed by atoms with E-state index in [1.807, 2.05) is 11.0 Å². The zero-order valence-electron chi connectivity index (χ0n) is 12.6. The van der Waals surface area contributed by atoms with Crippen LogP contribution in [0, 0.1) is 0 Å². The maximum atomic E-state index is 12.5. The number of carbonyl (C=O) groups is 1. The van der Waals surface area contributed by atoms with Gasteiger partial charge in [0, 0.05) is 19.0 Å². The van der Waals surface area contributed by atoms with Crippen LogP contribution in [0.2, 0.25) is 0 Å². The summed E-state index contributed by atoms with van der Waals surface area (Å²) in [7, 11) is 0. The van der Waals surface area contributed by atoms with Crippen molar-refractivity contribution in [3.05, 3.63) is 35.9 Å². The van der Waals surface area contributed by atoms with Crippen LogP contribution in [0.1, 0.15) is 56.4 Å². The minimum Gasteiger partial charge on any atom is -0.389 e. The molecule has 1 aromatic rings. The molecule has 0 bridgehead atoms. The molecule has 1 heterocycles. The van der Waals surface area contributed by atoms with E-state index in [0.717, 1.165) is 45.2 Å². The Kier molecular flexibility index (Phi) is 4.29. The summed E-state index contributed by atoms with van der Waals surface area (Å²) >= 11 is 0. The third kappa shape index (κ3) is 3.46. The first-order valence-electron chi connectivity index (χ1n) is 8.21. The van der Waals surface area contributed by atoms with Gasteiger partial charge in [-0.15, -0.1) is 0 Å². The Hall–Kier alpha value is -1.35. The number of nitrogens with zero attached hydrogens (tertiary/aromatic N) is 1. The lowest BCUT2D eigenvalue weighted by molar-refractivity contribution is -0.136. The number of hydrogen-bond acceptors (Lipinski definition) is 2. The standard InChI is InChI=1S/C18H25NO2/c20-17(13-18(21)10-5-2-6-11-18)19-12-9-16(14-19)15-7-3-1-4-8-15/h1,3-4,7-8,16,21H,2,5-6,9-14H2. The second-order valence-electron chi connectivity index (χ2n) is 6.70. The third-order valence-electron chi connectivity index (χ3n) is 5.08. The minimum atomic E-state index is -0.736. The molecule has 0 radical (unpaired) electrons. The number of carbonyl (C=O) groups excluding carboxylic acids is 1. The summed E-state index contributed by atoms with van der Waals surface area (Å²) in [4.78, 5) is 14.4. The first-order valence-corrected chi connectivity index (χ1v) is 8.21. The van der Waals surface area contributed by atoms with Crippen LogP contribution in [-0.4, -0.2) is 34.6 Å². The molecular formula is C18H25NO2. The molecule has 21 heavy (non-hydrogen) atoms. The van der Waals surface area contributed by atoms with Crippen molar-refractivity contribution in [1.82, 2.24) is 4.90 Å². The van der Waals surface area contributed by atoms with Crippen molar-refractivity contribution in [3.8, 4) is 0 Å². The monoisotopic (exact) mass is 287 g/mol. The minimum absolute atomic E-state index is 0.137. The number of benzene rings is 1. The van der Waals surface area contributed by atoms with Crippen LogP contribution in [0.15, 0.2) is 30.3 Å². The second kappa shape index (κ2) is 6.18. The van der Waals surface area contributed by atoms with E-state index in [4.69, 9.17) is 0 Å². The molecule has 1 N–H and O–H groups in total. The van der Waals surface area contributed by atoms with Crippen molar-refractivity contribution in [3.63, 3.8) is 0 Å². The van der Waals surface area contributed by atoms with Gasteiger partial charge in [0.2, 0.25) is 5.91 Å². The highest BCUT2D eigenvalue weighted by Gasteiger charge is 2.35. The molecule has 1 saturated heterocycles. The van der Waals surface area contributed by atoms with E-state index in [0.29, 0.717) is 12.3 Å². The quantitative estimate of drug-likeness (QED) is 0.928. The molecule has 1 amide bonds. The smallest absolute Gasteiger partial charge is 0.225 e. The van der Waals surface area contributed by atoms with Crippen LogP contribution >= 0.6 is 0 Å². The maximum absolute atomic E-state index is 12.5. The van der Waals surface area contributed by atoms with Gasteiger partial charge in [0.05, 0.1) is 12.0 Å². The van der Waals surface area contributed by atoms with Crippen molar-refractivity contribution in [1.29, 1.82) is 0 Å². The van der Waals surface area contributed by atoms with Gasteiger partial charge < -0.3 is 10.0 Å². The number of likely N-dealkylation sites (tertiary alicyclic amines) is 1. The Morgan fingerprint density at radius 3 is 2.62 bits per heavy atom. The van der Waals surface area contributed by atoms with Crippen molar-refractivity contribution in [2.45, 2.75) is 56.5 Å². The van der Waals surface area contributed by atoms with Crippen LogP contribution in [-0.2, 0) is 4.79 Å². The lowest BCUT2D eigenvalue weighted by Gasteiger charge is -2.32. The molecule has 1 aliphatic heterocycles. The number of amides is 1. The van der Waals surface area contributed by atoms with Gasteiger partial charge in [-0.25, -0.2) is 0 Å². The van der Waals surface area contributed by atoms with Crippen LogP contribution in [0.25, 0.3) is 0 Å². The number of hydrogen-bond donors (Lipinski definition) is 1. The average Bonchev–Trinajstić information content (AvgIpc) is 2.98. The van der Waals surface area contributed by atoms with Crippen molar-refractivity contribution in [2.75, 3.05) is 13.1 Å².